The second-order valence-corrected chi connectivity index (χ2v) is 4.68. The summed E-state index contributed by atoms with van der Waals surface area (Å²) in [5, 5.41) is 8.48. The minimum absolute atomic E-state index is 0.169. The monoisotopic (exact) mass is 245 g/mol. The maximum Gasteiger partial charge on any atom is 0.189 e. The van der Waals surface area contributed by atoms with Crippen LogP contribution in [0, 0.1) is 5.92 Å². The van der Waals surface area contributed by atoms with Crippen molar-refractivity contribution in [3.05, 3.63) is 18.5 Å². The van der Waals surface area contributed by atoms with Crippen LogP contribution in [0.3, 0.4) is 0 Å². The fraction of sp³-hybridized carbons (Fsp3) is 0.455. The molecule has 3 aromatic rings. The van der Waals surface area contributed by atoms with Gasteiger partial charge in [-0.15, -0.1) is 10.2 Å². The van der Waals surface area contributed by atoms with E-state index in [2.05, 4.69) is 39.0 Å². The van der Waals surface area contributed by atoms with Gasteiger partial charge in [-0.3, -0.25) is 4.40 Å². The zero-order valence-electron chi connectivity index (χ0n) is 10.3. The lowest BCUT2D eigenvalue weighted by molar-refractivity contribution is 0.479. The molecule has 0 saturated carbocycles. The smallest absolute Gasteiger partial charge is 0.189 e. The molecule has 7 nitrogen and oxygen atoms in total. The van der Waals surface area contributed by atoms with E-state index in [1.165, 1.54) is 0 Å². The van der Waals surface area contributed by atoms with Crippen molar-refractivity contribution in [1.82, 2.24) is 29.5 Å². The van der Waals surface area contributed by atoms with Gasteiger partial charge >= 0.3 is 0 Å². The molecule has 18 heavy (non-hydrogen) atoms. The number of nitrogens with one attached hydrogen (secondary N) is 1. The van der Waals surface area contributed by atoms with Crippen molar-refractivity contribution in [2.75, 3.05) is 6.54 Å². The van der Waals surface area contributed by atoms with Crippen molar-refractivity contribution in [3.8, 4) is 0 Å². The number of nitrogens with two attached hydrogens (primary N) is 1. The van der Waals surface area contributed by atoms with Crippen molar-refractivity contribution in [2.24, 2.45) is 11.7 Å². The van der Waals surface area contributed by atoms with Crippen LogP contribution in [0.2, 0.25) is 0 Å². The molecule has 0 aromatic carbocycles. The van der Waals surface area contributed by atoms with Crippen LogP contribution in [0.5, 0.6) is 0 Å². The molecule has 3 N–H and O–H groups in total. The van der Waals surface area contributed by atoms with Gasteiger partial charge in [0, 0.05) is 12.5 Å². The van der Waals surface area contributed by atoms with Crippen LogP contribution in [0.25, 0.3) is 16.8 Å². The van der Waals surface area contributed by atoms with E-state index in [0.717, 1.165) is 17.0 Å². The summed E-state index contributed by atoms with van der Waals surface area (Å²) in [7, 11) is 0. The molecule has 0 spiro atoms. The Balaban J connectivity index is 2.25. The van der Waals surface area contributed by atoms with Crippen molar-refractivity contribution in [1.29, 1.82) is 0 Å². The molecule has 0 radical (unpaired) electrons. The third-order valence-corrected chi connectivity index (χ3v) is 3.25. The fourth-order valence-corrected chi connectivity index (χ4v) is 2.18. The van der Waals surface area contributed by atoms with Crippen LogP contribution in [0.4, 0.5) is 0 Å². The Morgan fingerprint density at radius 1 is 1.33 bits per heavy atom. The normalized spacial score (nSPS) is 13.8. The lowest BCUT2D eigenvalue weighted by Gasteiger charge is -2.16. The Morgan fingerprint density at radius 3 is 2.89 bits per heavy atom. The molecular formula is C11H15N7. The van der Waals surface area contributed by atoms with Gasteiger partial charge in [0.15, 0.2) is 11.3 Å². The summed E-state index contributed by atoms with van der Waals surface area (Å²) < 4.78 is 1.89. The van der Waals surface area contributed by atoms with Crippen LogP contribution in [-0.2, 0) is 0 Å². The van der Waals surface area contributed by atoms with Crippen LogP contribution in [0.1, 0.15) is 25.6 Å². The summed E-state index contributed by atoms with van der Waals surface area (Å²) in [6, 6.07) is 0. The summed E-state index contributed by atoms with van der Waals surface area (Å²) in [6.45, 7) is 4.79. The Bertz CT molecular complexity index is 681. The zero-order chi connectivity index (χ0) is 12.7. The predicted molar refractivity (Wildman–Crippen MR) is 67.1 cm³/mol. The number of H-pyrrole nitrogens is 1. The van der Waals surface area contributed by atoms with Gasteiger partial charge in [-0.1, -0.05) is 13.8 Å². The fourth-order valence-electron chi connectivity index (χ4n) is 2.18. The molecule has 1 atom stereocenters. The third-order valence-electron chi connectivity index (χ3n) is 3.25. The van der Waals surface area contributed by atoms with Gasteiger partial charge in [-0.05, 0) is 5.92 Å². The van der Waals surface area contributed by atoms with Crippen LogP contribution >= 0.6 is 0 Å². The van der Waals surface area contributed by atoms with E-state index in [1.807, 2.05) is 4.40 Å². The summed E-state index contributed by atoms with van der Waals surface area (Å²) in [5.41, 5.74) is 8.02. The number of aromatic nitrogens is 6. The van der Waals surface area contributed by atoms with Gasteiger partial charge in [0.25, 0.3) is 0 Å². The first-order valence-electron chi connectivity index (χ1n) is 5.95. The van der Waals surface area contributed by atoms with E-state index in [-0.39, 0.29) is 5.92 Å². The standard InChI is InChI=1S/C11H15N7/c1-6(2)7(3-12)10-16-17-11-8-9(14-4-13-8)15-5-18(10)11/h4-7H,3,12H2,1-2H3,(H,13,14). The van der Waals surface area contributed by atoms with Crippen molar-refractivity contribution in [2.45, 2.75) is 19.8 Å². The molecule has 7 heteroatoms. The molecule has 3 heterocycles. The topological polar surface area (TPSA) is 97.8 Å². The Morgan fingerprint density at radius 2 is 2.17 bits per heavy atom. The Kier molecular flexibility index (Phi) is 2.48. The van der Waals surface area contributed by atoms with Gasteiger partial charge < -0.3 is 10.7 Å². The summed E-state index contributed by atoms with van der Waals surface area (Å²) in [6.07, 6.45) is 3.31. The molecule has 94 valence electrons. The Hall–Kier alpha value is -2.02. The highest BCUT2D eigenvalue weighted by molar-refractivity contribution is 5.84. The lowest BCUT2D eigenvalue weighted by Crippen LogP contribution is -2.20. The summed E-state index contributed by atoms with van der Waals surface area (Å²) in [5.74, 6) is 1.42. The second-order valence-electron chi connectivity index (χ2n) is 4.68. The van der Waals surface area contributed by atoms with Gasteiger partial charge in [0.1, 0.15) is 17.7 Å². The number of imidazole rings is 1. The molecule has 0 aliphatic carbocycles. The summed E-state index contributed by atoms with van der Waals surface area (Å²) in [4.78, 5) is 11.4. The SMILES string of the molecule is CC(C)C(CN)c1nnc2c3[nH]cnc3ncn12. The molecule has 0 aliphatic rings. The Labute approximate surface area is 103 Å². The van der Waals surface area contributed by atoms with Gasteiger partial charge in [-0.25, -0.2) is 9.97 Å². The van der Waals surface area contributed by atoms with Gasteiger partial charge in [0.05, 0.1) is 6.33 Å². The van der Waals surface area contributed by atoms with E-state index >= 15 is 0 Å². The number of fused-ring (bicyclic) bond motifs is 3. The average Bonchev–Trinajstić information content (AvgIpc) is 2.94. The third kappa shape index (κ3) is 1.47. The van der Waals surface area contributed by atoms with Crippen molar-refractivity contribution >= 4 is 16.8 Å². The minimum atomic E-state index is 0.169. The highest BCUT2D eigenvalue weighted by Crippen LogP contribution is 2.23. The lowest BCUT2D eigenvalue weighted by atomic mass is 9.95. The number of nitrogens with zero attached hydrogens (tertiary/aromatic N) is 5. The molecule has 0 saturated heterocycles. The van der Waals surface area contributed by atoms with E-state index < -0.39 is 0 Å². The molecule has 1 unspecified atom stereocenters. The highest BCUT2D eigenvalue weighted by atomic mass is 15.3. The van der Waals surface area contributed by atoms with E-state index in [9.17, 15) is 0 Å². The molecular weight excluding hydrogens is 230 g/mol. The quantitative estimate of drug-likeness (QED) is 0.707. The van der Waals surface area contributed by atoms with E-state index in [4.69, 9.17) is 5.73 Å². The molecule has 3 aromatic heterocycles. The largest absolute Gasteiger partial charge is 0.340 e. The second kappa shape index (κ2) is 4.02. The maximum absolute atomic E-state index is 5.83. The van der Waals surface area contributed by atoms with Crippen LogP contribution in [-0.4, -0.2) is 36.1 Å². The molecule has 0 fully saturated rings. The first kappa shape index (κ1) is 11.1. The number of hydrogen-bond acceptors (Lipinski definition) is 5. The molecule has 3 rings (SSSR count). The van der Waals surface area contributed by atoms with Crippen molar-refractivity contribution in [3.63, 3.8) is 0 Å². The van der Waals surface area contributed by atoms with Gasteiger partial charge in [-0.2, -0.15) is 0 Å². The molecule has 0 amide bonds. The first-order valence-corrected chi connectivity index (χ1v) is 5.95. The van der Waals surface area contributed by atoms with E-state index in [0.29, 0.717) is 18.1 Å². The van der Waals surface area contributed by atoms with Crippen molar-refractivity contribution < 1.29 is 0 Å². The van der Waals surface area contributed by atoms with Crippen LogP contribution in [0.15, 0.2) is 12.7 Å². The van der Waals surface area contributed by atoms with E-state index in [1.54, 1.807) is 12.7 Å². The van der Waals surface area contributed by atoms with Gasteiger partial charge in [0.2, 0.25) is 0 Å². The predicted octanol–water partition coefficient (Wildman–Crippen LogP) is 0.699. The number of hydrogen-bond donors (Lipinski definition) is 2. The first-order chi connectivity index (χ1) is 8.72. The average molecular weight is 245 g/mol. The van der Waals surface area contributed by atoms with Crippen LogP contribution < -0.4 is 5.73 Å². The number of rotatable bonds is 3. The molecule has 0 bridgehead atoms. The highest BCUT2D eigenvalue weighted by Gasteiger charge is 2.21. The maximum atomic E-state index is 5.83. The zero-order valence-corrected chi connectivity index (χ0v) is 10.3. The minimum Gasteiger partial charge on any atom is -0.340 e. The summed E-state index contributed by atoms with van der Waals surface area (Å²) >= 11 is 0. The number of aromatic amines is 1. The molecule has 0 aliphatic heterocycles.